The van der Waals surface area contributed by atoms with Gasteiger partial charge >= 0.3 is 6.01 Å². The van der Waals surface area contributed by atoms with Crippen LogP contribution in [0.15, 0.2) is 29.3 Å². The molecule has 0 amide bonds. The first-order valence-electron chi connectivity index (χ1n) is 7.04. The molecular weight excluding hydrogens is 332 g/mol. The van der Waals surface area contributed by atoms with Crippen LogP contribution in [0.4, 0.5) is 11.5 Å². The molecule has 8 nitrogen and oxygen atoms in total. The minimum atomic E-state index is -3.79. The van der Waals surface area contributed by atoms with Crippen LogP contribution in [-0.2, 0) is 10.0 Å². The summed E-state index contributed by atoms with van der Waals surface area (Å²) in [5.74, 6) is 1.02. The van der Waals surface area contributed by atoms with Crippen LogP contribution in [-0.4, -0.2) is 46.7 Å². The Hall–Kier alpha value is -2.55. The van der Waals surface area contributed by atoms with Crippen molar-refractivity contribution in [2.24, 2.45) is 0 Å². The summed E-state index contributed by atoms with van der Waals surface area (Å²) in [5, 5.41) is 0. The standard InChI is InChI=1S/C15H20N4O4S/c1-10-8-11(6-7-13(10)22-4)24(20,21)18-12-9-16-15(23-5)17-14(12)19(2)3/h6-9,18H,1-5H3. The van der Waals surface area contributed by atoms with Crippen molar-refractivity contribution in [1.29, 1.82) is 0 Å². The zero-order valence-electron chi connectivity index (χ0n) is 14.2. The van der Waals surface area contributed by atoms with Gasteiger partial charge in [0.2, 0.25) is 0 Å². The molecule has 24 heavy (non-hydrogen) atoms. The summed E-state index contributed by atoms with van der Waals surface area (Å²) >= 11 is 0. The quantitative estimate of drug-likeness (QED) is 0.845. The molecular formula is C15H20N4O4S. The molecule has 9 heteroatoms. The Morgan fingerprint density at radius 3 is 2.42 bits per heavy atom. The monoisotopic (exact) mass is 352 g/mol. The number of nitrogens with one attached hydrogen (secondary N) is 1. The van der Waals surface area contributed by atoms with Gasteiger partial charge in [0.1, 0.15) is 11.4 Å². The van der Waals surface area contributed by atoms with E-state index in [1.807, 2.05) is 0 Å². The van der Waals surface area contributed by atoms with E-state index in [9.17, 15) is 8.42 Å². The summed E-state index contributed by atoms with van der Waals surface area (Å²) in [6.45, 7) is 1.78. The highest BCUT2D eigenvalue weighted by molar-refractivity contribution is 7.92. The van der Waals surface area contributed by atoms with Crippen molar-refractivity contribution in [3.63, 3.8) is 0 Å². The molecule has 0 saturated heterocycles. The zero-order chi connectivity index (χ0) is 17.9. The van der Waals surface area contributed by atoms with Crippen LogP contribution >= 0.6 is 0 Å². The molecule has 1 N–H and O–H groups in total. The molecule has 1 aromatic heterocycles. The van der Waals surface area contributed by atoms with Gasteiger partial charge in [-0.3, -0.25) is 4.72 Å². The molecule has 0 aliphatic rings. The number of methoxy groups -OCH3 is 2. The van der Waals surface area contributed by atoms with Gasteiger partial charge in [-0.15, -0.1) is 0 Å². The van der Waals surface area contributed by atoms with Gasteiger partial charge in [-0.05, 0) is 30.7 Å². The molecule has 0 aliphatic heterocycles. The summed E-state index contributed by atoms with van der Waals surface area (Å²) in [7, 11) is 2.68. The number of hydrogen-bond acceptors (Lipinski definition) is 7. The van der Waals surface area contributed by atoms with Crippen molar-refractivity contribution >= 4 is 21.5 Å². The van der Waals surface area contributed by atoms with E-state index in [1.165, 1.54) is 26.5 Å². The van der Waals surface area contributed by atoms with Crippen LogP contribution in [0.1, 0.15) is 5.56 Å². The highest BCUT2D eigenvalue weighted by atomic mass is 32.2. The smallest absolute Gasteiger partial charge is 0.318 e. The molecule has 0 radical (unpaired) electrons. The predicted molar refractivity (Wildman–Crippen MR) is 91.5 cm³/mol. The highest BCUT2D eigenvalue weighted by Gasteiger charge is 2.19. The molecule has 0 saturated carbocycles. The van der Waals surface area contributed by atoms with E-state index < -0.39 is 10.0 Å². The number of aryl methyl sites for hydroxylation is 1. The van der Waals surface area contributed by atoms with E-state index >= 15 is 0 Å². The van der Waals surface area contributed by atoms with Gasteiger partial charge in [0.05, 0.1) is 25.3 Å². The Balaban J connectivity index is 2.41. The second-order valence-corrected chi connectivity index (χ2v) is 6.91. The molecule has 0 fully saturated rings. The number of sulfonamides is 1. The average Bonchev–Trinajstić information content (AvgIpc) is 2.54. The Kier molecular flexibility index (Phi) is 5.13. The molecule has 1 heterocycles. The fourth-order valence-electron chi connectivity index (χ4n) is 2.09. The van der Waals surface area contributed by atoms with Crippen molar-refractivity contribution in [2.45, 2.75) is 11.8 Å². The maximum Gasteiger partial charge on any atom is 0.318 e. The summed E-state index contributed by atoms with van der Waals surface area (Å²) in [5.41, 5.74) is 0.980. The molecule has 2 aromatic rings. The van der Waals surface area contributed by atoms with Crippen molar-refractivity contribution in [2.75, 3.05) is 37.9 Å². The maximum atomic E-state index is 12.6. The summed E-state index contributed by atoms with van der Waals surface area (Å²) < 4.78 is 37.9. The van der Waals surface area contributed by atoms with Crippen LogP contribution in [0.2, 0.25) is 0 Å². The largest absolute Gasteiger partial charge is 0.496 e. The SMILES string of the molecule is COc1ncc(NS(=O)(=O)c2ccc(OC)c(C)c2)c(N(C)C)n1. The Morgan fingerprint density at radius 1 is 1.17 bits per heavy atom. The molecule has 0 bridgehead atoms. The average molecular weight is 352 g/mol. The summed E-state index contributed by atoms with van der Waals surface area (Å²) in [4.78, 5) is 9.91. The van der Waals surface area contributed by atoms with Gasteiger partial charge in [0.25, 0.3) is 10.0 Å². The predicted octanol–water partition coefficient (Wildman–Crippen LogP) is 1.67. The minimum Gasteiger partial charge on any atom is -0.496 e. The lowest BCUT2D eigenvalue weighted by Crippen LogP contribution is -2.19. The molecule has 1 aromatic carbocycles. The van der Waals surface area contributed by atoms with E-state index in [2.05, 4.69) is 14.7 Å². The van der Waals surface area contributed by atoms with Gasteiger partial charge in [-0.1, -0.05) is 0 Å². The number of benzene rings is 1. The molecule has 0 unspecified atom stereocenters. The molecule has 0 spiro atoms. The fraction of sp³-hybridized carbons (Fsp3) is 0.333. The van der Waals surface area contributed by atoms with Gasteiger partial charge in [-0.2, -0.15) is 4.98 Å². The fourth-order valence-corrected chi connectivity index (χ4v) is 3.22. The van der Waals surface area contributed by atoms with Crippen LogP contribution in [0.5, 0.6) is 11.8 Å². The Labute approximate surface area is 141 Å². The van der Waals surface area contributed by atoms with Gasteiger partial charge < -0.3 is 14.4 Å². The van der Waals surface area contributed by atoms with E-state index in [0.717, 1.165) is 5.56 Å². The van der Waals surface area contributed by atoms with Crippen molar-refractivity contribution in [3.05, 3.63) is 30.0 Å². The lowest BCUT2D eigenvalue weighted by Gasteiger charge is -2.17. The number of rotatable bonds is 6. The third kappa shape index (κ3) is 3.67. The van der Waals surface area contributed by atoms with Gasteiger partial charge in [0.15, 0.2) is 5.82 Å². The van der Waals surface area contributed by atoms with E-state index in [4.69, 9.17) is 9.47 Å². The zero-order valence-corrected chi connectivity index (χ0v) is 15.0. The second-order valence-electron chi connectivity index (χ2n) is 5.23. The van der Waals surface area contributed by atoms with Crippen LogP contribution in [0, 0.1) is 6.92 Å². The molecule has 0 atom stereocenters. The maximum absolute atomic E-state index is 12.6. The van der Waals surface area contributed by atoms with Crippen molar-refractivity contribution in [1.82, 2.24) is 9.97 Å². The van der Waals surface area contributed by atoms with Crippen molar-refractivity contribution in [3.8, 4) is 11.8 Å². The topological polar surface area (TPSA) is 93.6 Å². The van der Waals surface area contributed by atoms with Crippen LogP contribution in [0.25, 0.3) is 0 Å². The molecule has 0 aliphatic carbocycles. The summed E-state index contributed by atoms with van der Waals surface area (Å²) in [6, 6.07) is 4.79. The van der Waals surface area contributed by atoms with Crippen molar-refractivity contribution < 1.29 is 17.9 Å². The number of hydrogen-bond donors (Lipinski definition) is 1. The minimum absolute atomic E-state index is 0.126. The second kappa shape index (κ2) is 6.91. The highest BCUT2D eigenvalue weighted by Crippen LogP contribution is 2.27. The third-order valence-electron chi connectivity index (χ3n) is 3.27. The van der Waals surface area contributed by atoms with E-state index in [-0.39, 0.29) is 16.6 Å². The van der Waals surface area contributed by atoms with Gasteiger partial charge in [0, 0.05) is 14.1 Å². The Bertz CT molecular complexity index is 837. The van der Waals surface area contributed by atoms with E-state index in [1.54, 1.807) is 38.1 Å². The Morgan fingerprint density at radius 2 is 1.88 bits per heavy atom. The number of aromatic nitrogens is 2. The summed E-state index contributed by atoms with van der Waals surface area (Å²) in [6.07, 6.45) is 1.37. The molecule has 2 rings (SSSR count). The first-order chi connectivity index (χ1) is 11.3. The first kappa shape index (κ1) is 17.8. The molecule has 130 valence electrons. The van der Waals surface area contributed by atoms with E-state index in [0.29, 0.717) is 11.6 Å². The lowest BCUT2D eigenvalue weighted by atomic mass is 10.2. The lowest BCUT2D eigenvalue weighted by molar-refractivity contribution is 0.380. The first-order valence-corrected chi connectivity index (χ1v) is 8.52. The number of nitrogens with zero attached hydrogens (tertiary/aromatic N) is 3. The van der Waals surface area contributed by atoms with Gasteiger partial charge in [-0.25, -0.2) is 13.4 Å². The normalized spacial score (nSPS) is 11.0. The number of ether oxygens (including phenoxy) is 2. The number of anilines is 2. The van der Waals surface area contributed by atoms with Crippen LogP contribution < -0.4 is 19.1 Å². The third-order valence-corrected chi connectivity index (χ3v) is 4.64. The van der Waals surface area contributed by atoms with Crippen LogP contribution in [0.3, 0.4) is 0 Å².